The number of aryl methyl sites for hydroxylation is 2. The van der Waals surface area contributed by atoms with Gasteiger partial charge in [0, 0.05) is 46.7 Å². The Hall–Kier alpha value is -4.32. The number of hydrogen-bond donors (Lipinski definition) is 0. The minimum Gasteiger partial charge on any atom is -0.346 e. The van der Waals surface area contributed by atoms with Gasteiger partial charge >= 0.3 is 0 Å². The average molecular weight is 655 g/mol. The van der Waals surface area contributed by atoms with Gasteiger partial charge in [0.15, 0.2) is 5.82 Å². The summed E-state index contributed by atoms with van der Waals surface area (Å²) in [6, 6.07) is 25.8. The predicted molar refractivity (Wildman–Crippen MR) is 176 cm³/mol. The highest BCUT2D eigenvalue weighted by Gasteiger charge is 2.47. The zero-order chi connectivity index (χ0) is 30.5. The molecule has 0 bridgehead atoms. The number of nitro groups is 1. The number of nitro benzene ring substituents is 1. The number of para-hydroxylation sites is 1. The molecule has 0 spiro atoms. The summed E-state index contributed by atoms with van der Waals surface area (Å²) >= 11 is 3.41. The van der Waals surface area contributed by atoms with Crippen LogP contribution in [0.5, 0.6) is 0 Å². The van der Waals surface area contributed by atoms with E-state index in [4.69, 9.17) is 14.8 Å². The maximum absolute atomic E-state index is 11.6. The zero-order valence-electron chi connectivity index (χ0n) is 24.2. The molecule has 3 aromatic carbocycles. The maximum Gasteiger partial charge on any atom is 0.283 e. The summed E-state index contributed by atoms with van der Waals surface area (Å²) in [7, 11) is -0.823. The quantitative estimate of drug-likeness (QED) is 0.125. The van der Waals surface area contributed by atoms with Crippen molar-refractivity contribution >= 4 is 62.7 Å². The second-order valence-electron chi connectivity index (χ2n) is 11.0. The number of benzene rings is 3. The molecule has 1 atom stereocenters. The first-order valence-corrected chi connectivity index (χ1v) is 16.3. The molecule has 11 heteroatoms. The number of allylic oxidation sites excluding steroid dienone is 2. The molecule has 216 valence electrons. The molecule has 0 N–H and O–H groups in total. The van der Waals surface area contributed by atoms with Crippen molar-refractivity contribution in [3.63, 3.8) is 0 Å². The van der Waals surface area contributed by atoms with Crippen molar-refractivity contribution in [3.8, 4) is 6.07 Å². The molecule has 2 aliphatic rings. The summed E-state index contributed by atoms with van der Waals surface area (Å²) < 4.78 is 7.80. The van der Waals surface area contributed by atoms with Gasteiger partial charge in [0.1, 0.15) is 0 Å². The van der Waals surface area contributed by atoms with Crippen molar-refractivity contribution in [1.29, 1.82) is 5.26 Å². The minimum absolute atomic E-state index is 0.0249. The Labute approximate surface area is 258 Å². The molecule has 0 saturated carbocycles. The minimum atomic E-state index is -2.91. The third-order valence-corrected chi connectivity index (χ3v) is 12.5. The lowest BCUT2D eigenvalue weighted by Gasteiger charge is -2.35. The second kappa shape index (κ2) is 10.7. The van der Waals surface area contributed by atoms with Gasteiger partial charge in [-0.25, -0.2) is 9.67 Å². The fraction of sp³-hybridized carbons (Fsp3) is 0.219. The Kier molecular flexibility index (Phi) is 7.19. The number of hydrogen-bond acceptors (Lipinski definition) is 7. The highest BCUT2D eigenvalue weighted by Crippen LogP contribution is 2.64. The normalized spacial score (nSPS) is 20.0. The monoisotopic (exact) mass is 653 g/mol. The summed E-state index contributed by atoms with van der Waals surface area (Å²) in [5.74, 6) is 0.690. The molecule has 0 amide bonds. The first-order valence-electron chi connectivity index (χ1n) is 13.8. The van der Waals surface area contributed by atoms with Crippen LogP contribution < -0.4 is 15.5 Å². The summed E-state index contributed by atoms with van der Waals surface area (Å²) in [4.78, 5) is 18.5. The summed E-state index contributed by atoms with van der Waals surface area (Å²) in [5.41, 5.74) is 4.43. The van der Waals surface area contributed by atoms with Crippen LogP contribution in [0, 0.1) is 28.4 Å². The average Bonchev–Trinajstić information content (AvgIpc) is 3.42. The maximum atomic E-state index is 11.6. The molecule has 0 radical (unpaired) electrons. The van der Waals surface area contributed by atoms with E-state index < -0.39 is 12.0 Å². The van der Waals surface area contributed by atoms with Crippen LogP contribution in [0.3, 0.4) is 0 Å². The Morgan fingerprint density at radius 2 is 1.84 bits per heavy atom. The van der Waals surface area contributed by atoms with Crippen LogP contribution in [0.4, 0.5) is 22.9 Å². The lowest BCUT2D eigenvalue weighted by atomic mass is 9.84. The molecule has 9 nitrogen and oxygen atoms in total. The number of fused-ring (bicyclic) bond motifs is 2. The number of aliphatic imine (C=N–C) groups is 1. The van der Waals surface area contributed by atoms with E-state index in [1.54, 1.807) is 12.1 Å². The van der Waals surface area contributed by atoms with Crippen LogP contribution in [-0.4, -0.2) is 28.0 Å². The Balaban J connectivity index is 1.79. The Morgan fingerprint density at radius 1 is 1.12 bits per heavy atom. The predicted octanol–water partition coefficient (Wildman–Crippen LogP) is 7.61. The van der Waals surface area contributed by atoms with Gasteiger partial charge in [-0.3, -0.25) is 14.9 Å². The van der Waals surface area contributed by atoms with E-state index in [0.717, 1.165) is 33.0 Å². The van der Waals surface area contributed by atoms with Crippen LogP contribution in [0.1, 0.15) is 31.5 Å². The van der Waals surface area contributed by atoms with Crippen molar-refractivity contribution in [2.24, 2.45) is 9.74 Å². The molecule has 4 aromatic rings. The summed E-state index contributed by atoms with van der Waals surface area (Å²) in [5, 5.41) is 28.8. The molecule has 0 aliphatic carbocycles. The summed E-state index contributed by atoms with van der Waals surface area (Å²) in [6.45, 7) is 6.84. The van der Waals surface area contributed by atoms with Crippen LogP contribution in [0.25, 0.3) is 0 Å². The van der Waals surface area contributed by atoms with Crippen LogP contribution >= 0.6 is 23.0 Å². The smallest absolute Gasteiger partial charge is 0.283 e. The van der Waals surface area contributed by atoms with E-state index in [-0.39, 0.29) is 11.1 Å². The van der Waals surface area contributed by atoms with Gasteiger partial charge in [0.05, 0.1) is 52.2 Å². The number of nitriles is 1. The van der Waals surface area contributed by atoms with Crippen molar-refractivity contribution in [1.82, 2.24) is 9.78 Å². The summed E-state index contributed by atoms with van der Waals surface area (Å²) in [6.07, 6.45) is 2.24. The van der Waals surface area contributed by atoms with Crippen LogP contribution in [0.15, 0.2) is 98.0 Å². The highest BCUT2D eigenvalue weighted by atomic mass is 79.9. The number of aromatic nitrogens is 2. The fourth-order valence-electron chi connectivity index (χ4n) is 6.33. The molecular weight excluding hydrogens is 625 g/mol. The van der Waals surface area contributed by atoms with Gasteiger partial charge in [-0.15, -0.1) is 0 Å². The first kappa shape index (κ1) is 28.8. The fourth-order valence-corrected chi connectivity index (χ4v) is 10.9. The molecule has 0 saturated heterocycles. The van der Waals surface area contributed by atoms with E-state index in [9.17, 15) is 15.4 Å². The lowest BCUT2D eigenvalue weighted by Crippen LogP contribution is -2.30. The lowest BCUT2D eigenvalue weighted by molar-refractivity contribution is -0.385. The van der Waals surface area contributed by atoms with Crippen LogP contribution in [0.2, 0.25) is 0 Å². The largest absolute Gasteiger partial charge is 0.346 e. The molecule has 2 aliphatic heterocycles. The number of anilines is 1. The van der Waals surface area contributed by atoms with Crippen LogP contribution in [-0.2, 0) is 12.0 Å². The number of likely N-dealkylation sites (N-methyl/N-ethyl adjacent to an activating group) is 1. The van der Waals surface area contributed by atoms with Crippen molar-refractivity contribution in [2.75, 3.05) is 11.9 Å². The van der Waals surface area contributed by atoms with Gasteiger partial charge in [-0.05, 0) is 46.6 Å². The van der Waals surface area contributed by atoms with Crippen molar-refractivity contribution in [2.45, 2.75) is 39.2 Å². The third-order valence-electron chi connectivity index (χ3n) is 8.12. The second-order valence-corrected chi connectivity index (χ2v) is 14.8. The molecular formula is C32H29BrN7O2P. The SMILES string of the molecule is Cc1nn(CCC#N)c2c1P(=Nc1ccc([N+](=O)[O-])c(Br)c1)(c1ccccc1)/C(=C1\N(C)c3ccccc3C1(C)C)C=N2. The van der Waals surface area contributed by atoms with E-state index in [2.05, 4.69) is 78.1 Å². The van der Waals surface area contributed by atoms with E-state index >= 15 is 0 Å². The van der Waals surface area contributed by atoms with E-state index in [1.165, 1.54) is 11.6 Å². The van der Waals surface area contributed by atoms with Crippen molar-refractivity contribution < 1.29 is 4.92 Å². The van der Waals surface area contributed by atoms with E-state index in [1.807, 2.05) is 42.1 Å². The van der Waals surface area contributed by atoms with Gasteiger partial charge < -0.3 is 4.90 Å². The Bertz CT molecular complexity index is 1950. The van der Waals surface area contributed by atoms with Gasteiger partial charge in [-0.2, -0.15) is 10.4 Å². The highest BCUT2D eigenvalue weighted by molar-refractivity contribution is 9.10. The standard InChI is InChI=1S/C32H29BrN7O2P/c1-21-29-31(39(36-21)18-10-17-34)35-20-28(30-32(2,3)24-13-8-9-14-26(24)38(30)4)43(29,23-11-6-5-7-12-23)37-22-15-16-27(40(41)42)25(33)19-22/h5-9,11-16,19-20H,10,18H2,1-4H3/b30-28-. The molecule has 6 rings (SSSR count). The van der Waals surface area contributed by atoms with Gasteiger partial charge in [0.25, 0.3) is 5.69 Å². The first-order chi connectivity index (χ1) is 20.6. The van der Waals surface area contributed by atoms with Gasteiger partial charge in [-0.1, -0.05) is 62.4 Å². The van der Waals surface area contributed by atoms with Crippen molar-refractivity contribution in [3.05, 3.63) is 110 Å². The molecule has 0 fully saturated rings. The molecule has 1 unspecified atom stereocenters. The molecule has 43 heavy (non-hydrogen) atoms. The number of rotatable bonds is 5. The number of nitrogens with zero attached hydrogens (tertiary/aromatic N) is 7. The molecule has 3 heterocycles. The topological polar surface area (TPSA) is 113 Å². The van der Waals surface area contributed by atoms with Gasteiger partial charge in [0.2, 0.25) is 0 Å². The zero-order valence-corrected chi connectivity index (χ0v) is 26.7. The van der Waals surface area contributed by atoms with E-state index in [0.29, 0.717) is 28.9 Å². The number of halogens is 1. The Morgan fingerprint density at radius 3 is 2.51 bits per heavy atom. The third kappa shape index (κ3) is 4.46. The molecule has 1 aromatic heterocycles.